The Bertz CT molecular complexity index is 1110. The molecule has 172 valence electrons. The molecular formula is C24H23F3N4O2. The molecule has 0 aliphatic carbocycles. The number of piperazine rings is 1. The minimum absolute atomic E-state index is 0.0314. The zero-order valence-electron chi connectivity index (χ0n) is 18.0. The van der Waals surface area contributed by atoms with Crippen LogP contribution in [0.1, 0.15) is 11.3 Å². The van der Waals surface area contributed by atoms with Gasteiger partial charge in [0.2, 0.25) is 0 Å². The van der Waals surface area contributed by atoms with E-state index in [4.69, 9.17) is 4.74 Å². The van der Waals surface area contributed by atoms with Gasteiger partial charge in [-0.1, -0.05) is 30.3 Å². The normalized spacial score (nSPS) is 14.3. The van der Waals surface area contributed by atoms with Crippen LogP contribution < -0.4 is 9.64 Å². The summed E-state index contributed by atoms with van der Waals surface area (Å²) in [5.74, 6) is 1.42. The lowest BCUT2D eigenvalue weighted by Gasteiger charge is -2.35. The molecule has 2 heterocycles. The van der Waals surface area contributed by atoms with Crippen LogP contribution in [-0.2, 0) is 11.0 Å². The van der Waals surface area contributed by atoms with Crippen LogP contribution in [0.15, 0.2) is 60.7 Å². The number of rotatable bonds is 5. The van der Waals surface area contributed by atoms with Gasteiger partial charge in [0.15, 0.2) is 12.4 Å². The zero-order chi connectivity index (χ0) is 23.4. The third kappa shape index (κ3) is 5.60. The van der Waals surface area contributed by atoms with Crippen LogP contribution in [-0.4, -0.2) is 53.6 Å². The van der Waals surface area contributed by atoms with Gasteiger partial charge in [0.05, 0.1) is 5.56 Å². The van der Waals surface area contributed by atoms with Gasteiger partial charge in [0.25, 0.3) is 5.91 Å². The predicted octanol–water partition coefficient (Wildman–Crippen LogP) is 4.20. The molecule has 2 aromatic carbocycles. The fourth-order valence-electron chi connectivity index (χ4n) is 3.62. The number of alkyl halides is 3. The number of hydrogen-bond acceptors (Lipinski definition) is 5. The summed E-state index contributed by atoms with van der Waals surface area (Å²) in [7, 11) is 0. The Hall–Kier alpha value is -3.62. The van der Waals surface area contributed by atoms with Crippen LogP contribution >= 0.6 is 0 Å². The molecule has 1 fully saturated rings. The average molecular weight is 456 g/mol. The summed E-state index contributed by atoms with van der Waals surface area (Å²) in [5.41, 5.74) is 0.223. The molecule has 0 atom stereocenters. The molecule has 6 nitrogen and oxygen atoms in total. The van der Waals surface area contributed by atoms with Crippen molar-refractivity contribution in [2.45, 2.75) is 13.1 Å². The van der Waals surface area contributed by atoms with Crippen molar-refractivity contribution in [2.75, 3.05) is 37.7 Å². The van der Waals surface area contributed by atoms with Gasteiger partial charge in [0.1, 0.15) is 11.6 Å². The first-order valence-corrected chi connectivity index (χ1v) is 10.5. The molecule has 9 heteroatoms. The van der Waals surface area contributed by atoms with E-state index in [1.54, 1.807) is 36.1 Å². The Morgan fingerprint density at radius 1 is 0.970 bits per heavy atom. The van der Waals surface area contributed by atoms with Crippen LogP contribution in [0.4, 0.5) is 19.0 Å². The first-order valence-electron chi connectivity index (χ1n) is 10.5. The third-order valence-corrected chi connectivity index (χ3v) is 5.35. The van der Waals surface area contributed by atoms with E-state index >= 15 is 0 Å². The molecule has 1 aliphatic heterocycles. The van der Waals surface area contributed by atoms with Crippen molar-refractivity contribution in [3.05, 3.63) is 71.9 Å². The number of benzene rings is 2. The van der Waals surface area contributed by atoms with Crippen molar-refractivity contribution in [1.29, 1.82) is 0 Å². The van der Waals surface area contributed by atoms with Crippen LogP contribution in [0, 0.1) is 6.92 Å². The molecule has 1 amide bonds. The van der Waals surface area contributed by atoms with E-state index in [1.807, 2.05) is 23.1 Å². The summed E-state index contributed by atoms with van der Waals surface area (Å²) in [5, 5.41) is 0. The van der Waals surface area contributed by atoms with E-state index in [9.17, 15) is 18.0 Å². The van der Waals surface area contributed by atoms with Gasteiger partial charge in [-0.2, -0.15) is 13.2 Å². The molecule has 1 aromatic heterocycles. The number of para-hydroxylation sites is 1. The highest BCUT2D eigenvalue weighted by molar-refractivity contribution is 5.78. The molecule has 1 aliphatic rings. The van der Waals surface area contributed by atoms with Crippen LogP contribution in [0.3, 0.4) is 0 Å². The fourth-order valence-corrected chi connectivity index (χ4v) is 3.62. The van der Waals surface area contributed by atoms with E-state index in [2.05, 4.69) is 9.97 Å². The van der Waals surface area contributed by atoms with Crippen molar-refractivity contribution >= 4 is 11.7 Å². The first-order chi connectivity index (χ1) is 15.8. The number of aromatic nitrogens is 2. The van der Waals surface area contributed by atoms with Crippen molar-refractivity contribution in [1.82, 2.24) is 14.9 Å². The third-order valence-electron chi connectivity index (χ3n) is 5.35. The van der Waals surface area contributed by atoms with E-state index in [-0.39, 0.29) is 18.3 Å². The number of nitrogens with zero attached hydrogens (tertiary/aromatic N) is 4. The number of ether oxygens (including phenoxy) is 1. The monoisotopic (exact) mass is 456 g/mol. The number of aryl methyl sites for hydroxylation is 1. The van der Waals surface area contributed by atoms with Crippen molar-refractivity contribution in [3.63, 3.8) is 0 Å². The molecule has 4 rings (SSSR count). The largest absolute Gasteiger partial charge is 0.484 e. The standard InChI is InChI=1S/C24H23F3N4O2/c1-17-14-21(29-23(28-17)18-6-5-7-19(15-18)24(25,26)27)30-10-12-31(13-11-30)22(32)16-33-20-8-3-2-4-9-20/h2-9,14-15H,10-13,16H2,1H3. The molecular weight excluding hydrogens is 433 g/mol. The minimum atomic E-state index is -4.43. The number of anilines is 1. The maximum Gasteiger partial charge on any atom is 0.416 e. The maximum absolute atomic E-state index is 13.1. The molecule has 0 N–H and O–H groups in total. The minimum Gasteiger partial charge on any atom is -0.484 e. The molecule has 0 unspecified atom stereocenters. The lowest BCUT2D eigenvalue weighted by molar-refractivity contribution is -0.137. The highest BCUT2D eigenvalue weighted by Crippen LogP contribution is 2.32. The summed E-state index contributed by atoms with van der Waals surface area (Å²) >= 11 is 0. The summed E-state index contributed by atoms with van der Waals surface area (Å²) < 4.78 is 44.8. The smallest absolute Gasteiger partial charge is 0.416 e. The van der Waals surface area contributed by atoms with Crippen molar-refractivity contribution in [2.24, 2.45) is 0 Å². The molecule has 0 radical (unpaired) electrons. The Balaban J connectivity index is 1.42. The van der Waals surface area contributed by atoms with Crippen LogP contribution in [0.25, 0.3) is 11.4 Å². The first kappa shape index (κ1) is 22.6. The summed E-state index contributed by atoms with van der Waals surface area (Å²) in [4.78, 5) is 25.1. The highest BCUT2D eigenvalue weighted by atomic mass is 19.4. The molecule has 0 saturated carbocycles. The van der Waals surface area contributed by atoms with Gasteiger partial charge >= 0.3 is 6.18 Å². The Morgan fingerprint density at radius 2 is 1.70 bits per heavy atom. The number of halogens is 3. The fraction of sp³-hybridized carbons (Fsp3) is 0.292. The summed E-state index contributed by atoms with van der Waals surface area (Å²) in [6.45, 7) is 3.85. The Labute approximate surface area is 189 Å². The summed E-state index contributed by atoms with van der Waals surface area (Å²) in [6.07, 6.45) is -4.43. The topological polar surface area (TPSA) is 58.6 Å². The molecule has 1 saturated heterocycles. The number of carbonyl (C=O) groups excluding carboxylic acids is 1. The Morgan fingerprint density at radius 3 is 2.39 bits per heavy atom. The SMILES string of the molecule is Cc1cc(N2CCN(C(=O)COc3ccccc3)CC2)nc(-c2cccc(C(F)(F)F)c2)n1. The number of hydrogen-bond donors (Lipinski definition) is 0. The predicted molar refractivity (Wildman–Crippen MR) is 118 cm³/mol. The van der Waals surface area contributed by atoms with Crippen LogP contribution in [0.5, 0.6) is 5.75 Å². The van der Waals surface area contributed by atoms with Gasteiger partial charge in [-0.25, -0.2) is 9.97 Å². The van der Waals surface area contributed by atoms with Gasteiger partial charge in [-0.15, -0.1) is 0 Å². The Kier molecular flexibility index (Phi) is 6.48. The second-order valence-electron chi connectivity index (χ2n) is 7.74. The maximum atomic E-state index is 13.1. The van der Waals surface area contributed by atoms with Crippen molar-refractivity contribution < 1.29 is 22.7 Å². The molecule has 3 aromatic rings. The van der Waals surface area contributed by atoms with E-state index < -0.39 is 11.7 Å². The lowest BCUT2D eigenvalue weighted by Crippen LogP contribution is -2.50. The van der Waals surface area contributed by atoms with Crippen LogP contribution in [0.2, 0.25) is 0 Å². The summed E-state index contributed by atoms with van der Waals surface area (Å²) in [6, 6.07) is 16.0. The van der Waals surface area contributed by atoms with Gasteiger partial charge in [0, 0.05) is 43.5 Å². The zero-order valence-corrected chi connectivity index (χ0v) is 18.0. The quantitative estimate of drug-likeness (QED) is 0.576. The van der Waals surface area contributed by atoms with E-state index in [0.29, 0.717) is 49.0 Å². The molecule has 33 heavy (non-hydrogen) atoms. The number of carbonyl (C=O) groups is 1. The number of amides is 1. The lowest BCUT2D eigenvalue weighted by atomic mass is 10.1. The molecule has 0 bridgehead atoms. The van der Waals surface area contributed by atoms with E-state index in [1.165, 1.54) is 6.07 Å². The highest BCUT2D eigenvalue weighted by Gasteiger charge is 2.31. The van der Waals surface area contributed by atoms with Crippen molar-refractivity contribution in [3.8, 4) is 17.1 Å². The van der Waals surface area contributed by atoms with Gasteiger partial charge in [-0.3, -0.25) is 4.79 Å². The second-order valence-corrected chi connectivity index (χ2v) is 7.74. The van der Waals surface area contributed by atoms with Gasteiger partial charge in [-0.05, 0) is 31.2 Å². The van der Waals surface area contributed by atoms with E-state index in [0.717, 1.165) is 12.1 Å². The second kappa shape index (κ2) is 9.48. The van der Waals surface area contributed by atoms with Gasteiger partial charge < -0.3 is 14.5 Å². The molecule has 0 spiro atoms. The average Bonchev–Trinajstić information content (AvgIpc) is 2.82.